The van der Waals surface area contributed by atoms with Crippen LogP contribution >= 0.6 is 7.60 Å². The summed E-state index contributed by atoms with van der Waals surface area (Å²) in [5.74, 6) is 2.56. The molecule has 0 saturated heterocycles. The van der Waals surface area contributed by atoms with Crippen LogP contribution in [0.3, 0.4) is 0 Å². The lowest BCUT2D eigenvalue weighted by atomic mass is 10.0. The predicted molar refractivity (Wildman–Crippen MR) is 201 cm³/mol. The molecule has 0 N–H and O–H groups in total. The zero-order valence-corrected chi connectivity index (χ0v) is 30.7. The van der Waals surface area contributed by atoms with Crippen molar-refractivity contribution in [2.75, 3.05) is 34.1 Å². The van der Waals surface area contributed by atoms with Crippen molar-refractivity contribution in [1.29, 1.82) is 0 Å². The van der Waals surface area contributed by atoms with E-state index < -0.39 is 7.60 Å². The molecule has 0 aliphatic heterocycles. The third kappa shape index (κ3) is 11.2. The van der Waals surface area contributed by atoms with Gasteiger partial charge in [-0.05, 0) is 47.7 Å². The van der Waals surface area contributed by atoms with Crippen LogP contribution in [0.5, 0.6) is 28.7 Å². The molecule has 272 valence electrons. The first-order valence-corrected chi connectivity index (χ1v) is 18.8. The molecule has 0 heterocycles. The number of ketones is 1. The zero-order chi connectivity index (χ0) is 36.6. The van der Waals surface area contributed by atoms with Gasteiger partial charge in [0.2, 0.25) is 0 Å². The summed E-state index contributed by atoms with van der Waals surface area (Å²) in [5.41, 5.74) is 4.22. The molecular weight excluding hydrogens is 679 g/mol. The standard InChI is InChI=1S/C42H45O9P/c1-45-39-23-20-35(26-42(39)51-31-34-18-11-6-12-19-34)38(43)22-21-37-40(49-29-32-14-7-4-8-15-32)27-36(48-24-13-25-52(44,46-2)47-3)28-41(37)50-30-33-16-9-5-10-17-33/h4-12,14-20,23,26-28H,13,21-22,24-25,29-31H2,1-3H3. The molecule has 0 atom stereocenters. The monoisotopic (exact) mass is 724 g/mol. The number of Topliss-reactive ketones (excluding diaryl/α,β-unsaturated/α-hetero) is 1. The molecule has 5 aromatic carbocycles. The summed E-state index contributed by atoms with van der Waals surface area (Å²) in [7, 11) is 1.15. The van der Waals surface area contributed by atoms with E-state index in [2.05, 4.69) is 0 Å². The van der Waals surface area contributed by atoms with E-state index in [1.165, 1.54) is 14.2 Å². The maximum absolute atomic E-state index is 13.8. The highest BCUT2D eigenvalue weighted by Crippen LogP contribution is 2.46. The number of carbonyl (C=O) groups excluding carboxylic acids is 1. The number of ether oxygens (including phenoxy) is 5. The fourth-order valence-corrected chi connectivity index (χ4v) is 6.47. The van der Waals surface area contributed by atoms with E-state index in [1.54, 1.807) is 25.3 Å². The molecular formula is C42H45O9P. The molecule has 0 saturated carbocycles. The van der Waals surface area contributed by atoms with Crippen molar-refractivity contribution < 1.29 is 42.1 Å². The van der Waals surface area contributed by atoms with Crippen LogP contribution in [-0.4, -0.2) is 39.9 Å². The van der Waals surface area contributed by atoms with E-state index in [0.29, 0.717) is 67.0 Å². The number of hydrogen-bond acceptors (Lipinski definition) is 9. The third-order valence-electron chi connectivity index (χ3n) is 8.34. The van der Waals surface area contributed by atoms with E-state index in [1.807, 2.05) is 103 Å². The van der Waals surface area contributed by atoms with Crippen molar-refractivity contribution in [3.05, 3.63) is 149 Å². The van der Waals surface area contributed by atoms with E-state index in [-0.39, 0.29) is 25.0 Å². The third-order valence-corrected chi connectivity index (χ3v) is 10.3. The number of rotatable bonds is 21. The Bertz CT molecular complexity index is 1830. The van der Waals surface area contributed by atoms with Gasteiger partial charge in [0.15, 0.2) is 17.3 Å². The maximum Gasteiger partial charge on any atom is 0.330 e. The molecule has 0 spiro atoms. The van der Waals surface area contributed by atoms with Crippen LogP contribution in [0.1, 0.15) is 45.5 Å². The largest absolute Gasteiger partial charge is 0.493 e. The molecule has 0 fully saturated rings. The van der Waals surface area contributed by atoms with Crippen LogP contribution in [0.25, 0.3) is 0 Å². The van der Waals surface area contributed by atoms with E-state index in [0.717, 1.165) is 22.3 Å². The minimum atomic E-state index is -3.17. The van der Waals surface area contributed by atoms with Crippen LogP contribution in [0.2, 0.25) is 0 Å². The highest BCUT2D eigenvalue weighted by atomic mass is 31.2. The minimum Gasteiger partial charge on any atom is -0.493 e. The molecule has 0 bridgehead atoms. The quantitative estimate of drug-likeness (QED) is 0.0416. The van der Waals surface area contributed by atoms with Crippen molar-refractivity contribution in [3.63, 3.8) is 0 Å². The van der Waals surface area contributed by atoms with Gasteiger partial charge in [-0.1, -0.05) is 91.0 Å². The molecule has 0 amide bonds. The highest BCUT2D eigenvalue weighted by Gasteiger charge is 2.21. The lowest BCUT2D eigenvalue weighted by Gasteiger charge is -2.19. The zero-order valence-electron chi connectivity index (χ0n) is 29.8. The van der Waals surface area contributed by atoms with Gasteiger partial charge in [-0.3, -0.25) is 9.36 Å². The first-order valence-electron chi connectivity index (χ1n) is 17.1. The number of benzene rings is 5. The molecule has 10 heteroatoms. The summed E-state index contributed by atoms with van der Waals surface area (Å²) < 4.78 is 53.2. The van der Waals surface area contributed by atoms with Crippen LogP contribution < -0.4 is 23.7 Å². The van der Waals surface area contributed by atoms with Crippen molar-refractivity contribution in [2.24, 2.45) is 0 Å². The van der Waals surface area contributed by atoms with Crippen LogP contribution in [0, 0.1) is 0 Å². The lowest BCUT2D eigenvalue weighted by molar-refractivity contribution is 0.0981. The van der Waals surface area contributed by atoms with Crippen LogP contribution in [0.4, 0.5) is 0 Å². The molecule has 0 unspecified atom stereocenters. The number of hydrogen-bond donors (Lipinski definition) is 0. The first-order chi connectivity index (χ1) is 25.4. The van der Waals surface area contributed by atoms with Gasteiger partial charge in [-0.15, -0.1) is 0 Å². The molecule has 0 aliphatic carbocycles. The predicted octanol–water partition coefficient (Wildman–Crippen LogP) is 9.50. The van der Waals surface area contributed by atoms with Crippen molar-refractivity contribution in [2.45, 2.75) is 39.1 Å². The SMILES string of the molecule is COc1ccc(C(=O)CCc2c(OCc3ccccc3)cc(OCCCP(=O)(OC)OC)cc2OCc2ccccc2)cc1OCc1ccccc1. The molecule has 0 aromatic heterocycles. The summed E-state index contributed by atoms with van der Waals surface area (Å²) in [6.45, 7) is 1.20. The summed E-state index contributed by atoms with van der Waals surface area (Å²) >= 11 is 0. The van der Waals surface area contributed by atoms with Gasteiger partial charge >= 0.3 is 7.60 Å². The average molecular weight is 725 g/mol. The summed E-state index contributed by atoms with van der Waals surface area (Å²) in [6, 6.07) is 38.3. The van der Waals surface area contributed by atoms with Crippen LogP contribution in [0.15, 0.2) is 121 Å². The second-order valence-electron chi connectivity index (χ2n) is 11.9. The summed E-state index contributed by atoms with van der Waals surface area (Å²) in [5, 5.41) is 0. The lowest BCUT2D eigenvalue weighted by Crippen LogP contribution is -2.08. The van der Waals surface area contributed by atoms with Gasteiger partial charge in [-0.25, -0.2) is 0 Å². The van der Waals surface area contributed by atoms with Crippen LogP contribution in [-0.2, 0) is 39.9 Å². The maximum atomic E-state index is 13.8. The van der Waals surface area contributed by atoms with Gasteiger partial charge in [0.25, 0.3) is 0 Å². The molecule has 0 radical (unpaired) electrons. The molecule has 52 heavy (non-hydrogen) atoms. The highest BCUT2D eigenvalue weighted by molar-refractivity contribution is 7.53. The fraction of sp³-hybridized carbons (Fsp3) is 0.262. The Morgan fingerprint density at radius 2 is 1.08 bits per heavy atom. The van der Waals surface area contributed by atoms with Gasteiger partial charge in [0, 0.05) is 43.9 Å². The molecule has 9 nitrogen and oxygen atoms in total. The second-order valence-corrected chi connectivity index (χ2v) is 14.3. The summed E-state index contributed by atoms with van der Waals surface area (Å²) in [4.78, 5) is 13.8. The van der Waals surface area contributed by atoms with Crippen molar-refractivity contribution in [3.8, 4) is 28.7 Å². The van der Waals surface area contributed by atoms with E-state index >= 15 is 0 Å². The van der Waals surface area contributed by atoms with Crippen molar-refractivity contribution in [1.82, 2.24) is 0 Å². The molecule has 0 aliphatic rings. The Hall–Kier alpha value is -5.08. The second kappa shape index (κ2) is 19.5. The Morgan fingerprint density at radius 1 is 0.577 bits per heavy atom. The van der Waals surface area contributed by atoms with Gasteiger partial charge in [0.05, 0.1) is 19.9 Å². The number of methoxy groups -OCH3 is 1. The minimum absolute atomic E-state index is 0.0729. The van der Waals surface area contributed by atoms with Gasteiger partial charge < -0.3 is 32.7 Å². The Kier molecular flexibility index (Phi) is 14.3. The van der Waals surface area contributed by atoms with E-state index in [9.17, 15) is 9.36 Å². The summed E-state index contributed by atoms with van der Waals surface area (Å²) in [6.07, 6.45) is 1.16. The Labute approximate surface area is 305 Å². The molecule has 5 rings (SSSR count). The smallest absolute Gasteiger partial charge is 0.330 e. The fourth-order valence-electron chi connectivity index (χ4n) is 5.44. The number of carbonyl (C=O) groups is 1. The Morgan fingerprint density at radius 3 is 1.56 bits per heavy atom. The first kappa shape index (κ1) is 38.2. The van der Waals surface area contributed by atoms with E-state index in [4.69, 9.17) is 32.7 Å². The topological polar surface area (TPSA) is 98.8 Å². The molecule has 5 aromatic rings. The van der Waals surface area contributed by atoms with Gasteiger partial charge in [-0.2, -0.15) is 0 Å². The van der Waals surface area contributed by atoms with Crippen molar-refractivity contribution >= 4 is 13.4 Å². The van der Waals surface area contributed by atoms with Gasteiger partial charge in [0.1, 0.15) is 37.1 Å². The Balaban J connectivity index is 1.39. The normalized spacial score (nSPS) is 11.1. The average Bonchev–Trinajstić information content (AvgIpc) is 3.20.